The number of carbonyl (C=O) groups is 1. The van der Waals surface area contributed by atoms with Crippen LogP contribution < -0.4 is 4.74 Å². The van der Waals surface area contributed by atoms with Crippen LogP contribution in [0.2, 0.25) is 0 Å². The van der Waals surface area contributed by atoms with Gasteiger partial charge in [-0.25, -0.2) is 0 Å². The van der Waals surface area contributed by atoms with Crippen molar-refractivity contribution in [1.29, 1.82) is 0 Å². The second-order valence-electron chi connectivity index (χ2n) is 5.30. The molecule has 2 rings (SSSR count). The van der Waals surface area contributed by atoms with E-state index < -0.39 is 4.92 Å². The summed E-state index contributed by atoms with van der Waals surface area (Å²) in [6, 6.07) is 6.11. The number of hydrogen-bond donors (Lipinski definition) is 0. The van der Waals surface area contributed by atoms with E-state index in [0.717, 1.165) is 13.0 Å². The number of para-hydroxylation sites is 2. The van der Waals surface area contributed by atoms with Crippen molar-refractivity contribution in [2.24, 2.45) is 5.92 Å². The third-order valence-corrected chi connectivity index (χ3v) is 3.43. The van der Waals surface area contributed by atoms with Gasteiger partial charge < -0.3 is 9.64 Å². The first-order valence-corrected chi connectivity index (χ1v) is 7.25. The largest absolute Gasteiger partial charge is 0.477 e. The van der Waals surface area contributed by atoms with Gasteiger partial charge in [-0.05, 0) is 31.2 Å². The van der Waals surface area contributed by atoms with E-state index in [2.05, 4.69) is 0 Å². The lowest BCUT2D eigenvalue weighted by Gasteiger charge is -2.22. The Balaban J connectivity index is 1.94. The van der Waals surface area contributed by atoms with Gasteiger partial charge in [0.15, 0.2) is 12.4 Å². The molecule has 1 fully saturated rings. The average molecular weight is 292 g/mol. The van der Waals surface area contributed by atoms with Gasteiger partial charge in [0.1, 0.15) is 0 Å². The van der Waals surface area contributed by atoms with Crippen LogP contribution in [0.1, 0.15) is 26.2 Å². The van der Waals surface area contributed by atoms with E-state index in [0.29, 0.717) is 12.5 Å². The fourth-order valence-electron chi connectivity index (χ4n) is 2.16. The zero-order valence-electron chi connectivity index (χ0n) is 12.2. The molecule has 0 saturated heterocycles. The van der Waals surface area contributed by atoms with Gasteiger partial charge in [0.25, 0.3) is 5.91 Å². The number of benzene rings is 1. The second-order valence-corrected chi connectivity index (χ2v) is 5.30. The van der Waals surface area contributed by atoms with Crippen molar-refractivity contribution in [2.45, 2.75) is 26.2 Å². The summed E-state index contributed by atoms with van der Waals surface area (Å²) in [4.78, 5) is 24.4. The van der Waals surface area contributed by atoms with Crippen molar-refractivity contribution in [2.75, 3.05) is 19.7 Å². The minimum absolute atomic E-state index is 0.109. The summed E-state index contributed by atoms with van der Waals surface area (Å²) in [6.45, 7) is 3.34. The maximum atomic E-state index is 12.2. The van der Waals surface area contributed by atoms with Crippen molar-refractivity contribution in [1.82, 2.24) is 4.90 Å². The first kappa shape index (κ1) is 15.3. The summed E-state index contributed by atoms with van der Waals surface area (Å²) >= 11 is 0. The Hall–Kier alpha value is -2.11. The molecular weight excluding hydrogens is 272 g/mol. The molecule has 1 aromatic carbocycles. The second kappa shape index (κ2) is 7.06. The van der Waals surface area contributed by atoms with E-state index >= 15 is 0 Å². The Morgan fingerprint density at radius 2 is 2.14 bits per heavy atom. The molecule has 0 spiro atoms. The van der Waals surface area contributed by atoms with E-state index in [9.17, 15) is 14.9 Å². The van der Waals surface area contributed by atoms with Gasteiger partial charge in [-0.3, -0.25) is 14.9 Å². The van der Waals surface area contributed by atoms with E-state index in [-0.39, 0.29) is 24.0 Å². The summed E-state index contributed by atoms with van der Waals surface area (Å²) in [7, 11) is 0. The molecule has 0 N–H and O–H groups in total. The van der Waals surface area contributed by atoms with Gasteiger partial charge in [0.05, 0.1) is 4.92 Å². The number of nitro groups is 1. The van der Waals surface area contributed by atoms with E-state index in [4.69, 9.17) is 4.74 Å². The molecule has 0 radical (unpaired) electrons. The molecular formula is C15H20N2O4. The van der Waals surface area contributed by atoms with Crippen LogP contribution in [0, 0.1) is 16.0 Å². The van der Waals surface area contributed by atoms with Crippen LogP contribution >= 0.6 is 0 Å². The fourth-order valence-corrected chi connectivity index (χ4v) is 2.16. The predicted octanol–water partition coefficient (Wildman–Crippen LogP) is 2.62. The lowest BCUT2D eigenvalue weighted by molar-refractivity contribution is -0.385. The monoisotopic (exact) mass is 292 g/mol. The quantitative estimate of drug-likeness (QED) is 0.545. The molecule has 0 atom stereocenters. The topological polar surface area (TPSA) is 72.7 Å². The Morgan fingerprint density at radius 3 is 2.76 bits per heavy atom. The van der Waals surface area contributed by atoms with Crippen LogP contribution in [0.3, 0.4) is 0 Å². The van der Waals surface area contributed by atoms with Crippen LogP contribution in [0.5, 0.6) is 5.75 Å². The highest BCUT2D eigenvalue weighted by Crippen LogP contribution is 2.30. The Bertz CT molecular complexity index is 514. The predicted molar refractivity (Wildman–Crippen MR) is 78.2 cm³/mol. The normalized spacial score (nSPS) is 13.8. The number of rotatable bonds is 8. The first-order chi connectivity index (χ1) is 10.1. The average Bonchev–Trinajstić information content (AvgIpc) is 3.28. The van der Waals surface area contributed by atoms with Crippen LogP contribution in [0.4, 0.5) is 5.69 Å². The molecule has 114 valence electrons. The van der Waals surface area contributed by atoms with Crippen LogP contribution in [-0.2, 0) is 4.79 Å². The maximum absolute atomic E-state index is 12.2. The van der Waals surface area contributed by atoms with Crippen molar-refractivity contribution in [3.8, 4) is 5.75 Å². The molecule has 1 saturated carbocycles. The summed E-state index contributed by atoms with van der Waals surface area (Å²) in [6.07, 6.45) is 3.25. The highest BCUT2D eigenvalue weighted by Gasteiger charge is 2.26. The minimum atomic E-state index is -0.506. The molecule has 0 aliphatic heterocycles. The van der Waals surface area contributed by atoms with E-state index in [1.54, 1.807) is 17.0 Å². The highest BCUT2D eigenvalue weighted by atomic mass is 16.6. The summed E-state index contributed by atoms with van der Waals surface area (Å²) in [5.41, 5.74) is -0.116. The van der Waals surface area contributed by atoms with Gasteiger partial charge in [-0.2, -0.15) is 0 Å². The van der Waals surface area contributed by atoms with Gasteiger partial charge >= 0.3 is 5.69 Å². The Labute approximate surface area is 123 Å². The van der Waals surface area contributed by atoms with E-state index in [1.807, 2.05) is 6.92 Å². The van der Waals surface area contributed by atoms with Gasteiger partial charge in [-0.15, -0.1) is 0 Å². The van der Waals surface area contributed by atoms with Crippen LogP contribution in [0.25, 0.3) is 0 Å². The van der Waals surface area contributed by atoms with E-state index in [1.165, 1.54) is 25.0 Å². The smallest absolute Gasteiger partial charge is 0.310 e. The molecule has 1 aliphatic carbocycles. The minimum Gasteiger partial charge on any atom is -0.477 e. The fraction of sp³-hybridized carbons (Fsp3) is 0.533. The number of carbonyl (C=O) groups excluding carboxylic acids is 1. The lowest BCUT2D eigenvalue weighted by Crippen LogP contribution is -2.37. The molecule has 6 heteroatoms. The number of nitro benzene ring substituents is 1. The zero-order valence-corrected chi connectivity index (χ0v) is 12.2. The molecule has 0 aromatic heterocycles. The van der Waals surface area contributed by atoms with Gasteiger partial charge in [0.2, 0.25) is 0 Å². The Morgan fingerprint density at radius 1 is 1.43 bits per heavy atom. The lowest BCUT2D eigenvalue weighted by atomic mass is 10.3. The summed E-state index contributed by atoms with van der Waals surface area (Å²) in [5.74, 6) is 0.646. The van der Waals surface area contributed by atoms with Crippen molar-refractivity contribution in [3.05, 3.63) is 34.4 Å². The SMILES string of the molecule is CCCN(CC1CC1)C(=O)COc1ccccc1[N+](=O)[O-]. The van der Waals surface area contributed by atoms with Gasteiger partial charge in [-0.1, -0.05) is 19.1 Å². The van der Waals surface area contributed by atoms with Gasteiger partial charge in [0, 0.05) is 19.2 Å². The molecule has 0 unspecified atom stereocenters. The first-order valence-electron chi connectivity index (χ1n) is 7.25. The Kier molecular flexibility index (Phi) is 5.14. The maximum Gasteiger partial charge on any atom is 0.310 e. The van der Waals surface area contributed by atoms with Crippen LogP contribution in [0.15, 0.2) is 24.3 Å². The summed E-state index contributed by atoms with van der Waals surface area (Å²) < 4.78 is 5.36. The molecule has 1 amide bonds. The molecule has 21 heavy (non-hydrogen) atoms. The molecule has 0 bridgehead atoms. The molecule has 1 aromatic rings. The number of nitrogens with zero attached hydrogens (tertiary/aromatic N) is 2. The van der Waals surface area contributed by atoms with Crippen molar-refractivity contribution < 1.29 is 14.5 Å². The number of ether oxygens (including phenoxy) is 1. The highest BCUT2D eigenvalue weighted by molar-refractivity contribution is 5.78. The molecule has 1 aliphatic rings. The molecule has 0 heterocycles. The number of hydrogen-bond acceptors (Lipinski definition) is 4. The zero-order chi connectivity index (χ0) is 15.2. The number of amides is 1. The third kappa shape index (κ3) is 4.44. The van der Waals surface area contributed by atoms with Crippen molar-refractivity contribution in [3.63, 3.8) is 0 Å². The van der Waals surface area contributed by atoms with Crippen LogP contribution in [-0.4, -0.2) is 35.4 Å². The summed E-state index contributed by atoms with van der Waals surface area (Å²) in [5, 5.41) is 10.9. The third-order valence-electron chi connectivity index (χ3n) is 3.43. The van der Waals surface area contributed by atoms with Crippen molar-refractivity contribution >= 4 is 11.6 Å². The molecule has 6 nitrogen and oxygen atoms in total. The standard InChI is InChI=1S/C15H20N2O4/c1-2-9-16(10-12-7-8-12)15(18)11-21-14-6-4-3-5-13(14)17(19)20/h3-6,12H,2,7-11H2,1H3.